The molecule has 6 nitrogen and oxygen atoms in total. The average molecular weight is 504 g/mol. The minimum Gasteiger partial charge on any atom is -0.464 e. The quantitative estimate of drug-likeness (QED) is 0.297. The Morgan fingerprint density at radius 3 is 1.77 bits per heavy atom. The number of amides is 2. The van der Waals surface area contributed by atoms with Crippen LogP contribution in [0, 0.1) is 0 Å². The predicted molar refractivity (Wildman–Crippen MR) is 102 cm³/mol. The summed E-state index contributed by atoms with van der Waals surface area (Å²) in [5.41, 5.74) is 0. The van der Waals surface area contributed by atoms with Gasteiger partial charge in [0.1, 0.15) is 12.1 Å². The van der Waals surface area contributed by atoms with Gasteiger partial charge in [0.2, 0.25) is 5.91 Å². The van der Waals surface area contributed by atoms with E-state index in [0.29, 0.717) is 5.75 Å². The van der Waals surface area contributed by atoms with Crippen LogP contribution < -0.4 is 10.6 Å². The van der Waals surface area contributed by atoms with Gasteiger partial charge in [-0.3, -0.25) is 9.59 Å². The van der Waals surface area contributed by atoms with E-state index in [1.165, 1.54) is 24.0 Å². The third kappa shape index (κ3) is 8.24. The van der Waals surface area contributed by atoms with Crippen molar-refractivity contribution in [3.05, 3.63) is 0 Å². The average Bonchev–Trinajstić information content (AvgIpc) is 2.66. The summed E-state index contributed by atoms with van der Waals surface area (Å²) in [6.07, 6.45) is -3.75. The van der Waals surface area contributed by atoms with E-state index >= 15 is 0 Å². The molecule has 0 heterocycles. The van der Waals surface area contributed by atoms with Gasteiger partial charge < -0.3 is 15.4 Å². The number of thioether (sulfide) groups is 2. The molecule has 0 rings (SSSR count). The minimum absolute atomic E-state index is 0.0319. The largest absolute Gasteiger partial charge is 0.464 e. The lowest BCUT2D eigenvalue weighted by molar-refractivity contribution is -0.344. The van der Waals surface area contributed by atoms with Crippen molar-refractivity contribution < 1.29 is 49.9 Å². The van der Waals surface area contributed by atoms with Crippen LogP contribution in [0.1, 0.15) is 19.8 Å². The Labute approximate surface area is 182 Å². The molecule has 0 radical (unpaired) electrons. The zero-order valence-corrected chi connectivity index (χ0v) is 18.4. The molecule has 15 heteroatoms. The van der Waals surface area contributed by atoms with E-state index in [-0.39, 0.29) is 25.2 Å². The highest BCUT2D eigenvalue weighted by Gasteiger charge is 2.76. The van der Waals surface area contributed by atoms with Crippen LogP contribution in [0.4, 0.5) is 30.7 Å². The molecule has 182 valence electrons. The zero-order chi connectivity index (χ0) is 24.5. The fourth-order valence-electron chi connectivity index (χ4n) is 2.07. The normalized spacial score (nSPS) is 14.5. The second kappa shape index (κ2) is 12.6. The Bertz CT molecular complexity index is 621. The Hall–Kier alpha value is -1.38. The van der Waals surface area contributed by atoms with E-state index in [4.69, 9.17) is 4.74 Å². The monoisotopic (exact) mass is 504 g/mol. The highest BCUT2D eigenvalue weighted by atomic mass is 32.2. The fraction of sp³-hybridized carbons (Fsp3) is 0.812. The van der Waals surface area contributed by atoms with Crippen LogP contribution in [0.5, 0.6) is 0 Å². The first-order chi connectivity index (χ1) is 14.2. The SMILES string of the molecule is CCOC(=O)C(CCSC)NC(=O)C(CCSC)NC(=O)C(F)(F)C(F)(F)C(F)(F)F. The standard InChI is InChI=1S/C16H23F7N2O4S2/c1-4-29-12(27)10(6-8-31-3)24-11(26)9(5-7-30-2)25-13(28)14(17,18)15(19,20)16(21,22)23/h9-10H,4-8H2,1-3H3,(H,24,26)(H,25,28). The van der Waals surface area contributed by atoms with E-state index < -0.39 is 47.9 Å². The molecule has 0 spiro atoms. The molecular weight excluding hydrogens is 481 g/mol. The van der Waals surface area contributed by atoms with Crippen molar-refractivity contribution in [2.75, 3.05) is 30.6 Å². The van der Waals surface area contributed by atoms with Gasteiger partial charge in [0.15, 0.2) is 0 Å². The number of rotatable bonds is 13. The van der Waals surface area contributed by atoms with Gasteiger partial charge in [-0.25, -0.2) is 4.79 Å². The Kier molecular flexibility index (Phi) is 12.0. The summed E-state index contributed by atoms with van der Waals surface area (Å²) in [5.74, 6) is -17.4. The number of nitrogens with one attached hydrogen (secondary N) is 2. The van der Waals surface area contributed by atoms with Gasteiger partial charge in [-0.1, -0.05) is 0 Å². The number of hydrogen-bond acceptors (Lipinski definition) is 6. The molecule has 0 aliphatic heterocycles. The van der Waals surface area contributed by atoms with Crippen LogP contribution in [0.15, 0.2) is 0 Å². The van der Waals surface area contributed by atoms with Gasteiger partial charge in [-0.2, -0.15) is 54.3 Å². The van der Waals surface area contributed by atoms with E-state index in [1.807, 2.05) is 0 Å². The smallest absolute Gasteiger partial charge is 0.460 e. The van der Waals surface area contributed by atoms with E-state index in [1.54, 1.807) is 12.5 Å². The van der Waals surface area contributed by atoms with Gasteiger partial charge in [-0.05, 0) is 43.8 Å². The lowest BCUT2D eigenvalue weighted by Gasteiger charge is -2.29. The molecule has 0 fully saturated rings. The zero-order valence-electron chi connectivity index (χ0n) is 16.8. The molecule has 0 saturated heterocycles. The number of alkyl halides is 7. The van der Waals surface area contributed by atoms with E-state index in [2.05, 4.69) is 5.32 Å². The summed E-state index contributed by atoms with van der Waals surface area (Å²) in [5, 5.41) is 3.42. The van der Waals surface area contributed by atoms with Gasteiger partial charge in [0.05, 0.1) is 6.61 Å². The van der Waals surface area contributed by atoms with Crippen LogP contribution in [0.25, 0.3) is 0 Å². The second-order valence-electron chi connectivity index (χ2n) is 6.05. The number of halogens is 7. The molecule has 31 heavy (non-hydrogen) atoms. The Morgan fingerprint density at radius 1 is 0.871 bits per heavy atom. The summed E-state index contributed by atoms with van der Waals surface area (Å²) >= 11 is 2.41. The molecule has 0 saturated carbocycles. The van der Waals surface area contributed by atoms with Crippen molar-refractivity contribution in [3.8, 4) is 0 Å². The fourth-order valence-corrected chi connectivity index (χ4v) is 3.02. The van der Waals surface area contributed by atoms with Crippen LogP contribution in [0.2, 0.25) is 0 Å². The molecule has 0 bridgehead atoms. The predicted octanol–water partition coefficient (Wildman–Crippen LogP) is 2.86. The van der Waals surface area contributed by atoms with Crippen molar-refractivity contribution in [1.29, 1.82) is 0 Å². The van der Waals surface area contributed by atoms with Gasteiger partial charge in [-0.15, -0.1) is 0 Å². The van der Waals surface area contributed by atoms with Crippen LogP contribution >= 0.6 is 23.5 Å². The van der Waals surface area contributed by atoms with Crippen LogP contribution in [-0.4, -0.2) is 78.5 Å². The summed E-state index contributed by atoms with van der Waals surface area (Å²) in [6.45, 7) is 1.46. The first-order valence-corrected chi connectivity index (χ1v) is 11.5. The maximum absolute atomic E-state index is 13.6. The van der Waals surface area contributed by atoms with Crippen molar-refractivity contribution in [2.24, 2.45) is 0 Å². The summed E-state index contributed by atoms with van der Waals surface area (Å²) < 4.78 is 95.1. The Morgan fingerprint density at radius 2 is 1.35 bits per heavy atom. The third-order valence-electron chi connectivity index (χ3n) is 3.77. The molecule has 0 aliphatic carbocycles. The first kappa shape index (κ1) is 29.6. The molecular formula is C16H23F7N2O4S2. The van der Waals surface area contributed by atoms with Gasteiger partial charge in [0, 0.05) is 0 Å². The molecule has 2 N–H and O–H groups in total. The van der Waals surface area contributed by atoms with Crippen LogP contribution in [0.3, 0.4) is 0 Å². The van der Waals surface area contributed by atoms with Crippen molar-refractivity contribution in [1.82, 2.24) is 10.6 Å². The number of carbonyl (C=O) groups excluding carboxylic acids is 3. The molecule has 2 atom stereocenters. The number of hydrogen-bond donors (Lipinski definition) is 2. The highest BCUT2D eigenvalue weighted by molar-refractivity contribution is 7.98. The third-order valence-corrected chi connectivity index (χ3v) is 5.05. The first-order valence-electron chi connectivity index (χ1n) is 8.75. The lowest BCUT2D eigenvalue weighted by atomic mass is 10.1. The molecule has 0 aromatic rings. The van der Waals surface area contributed by atoms with Gasteiger partial charge in [0.25, 0.3) is 5.91 Å². The maximum atomic E-state index is 13.6. The second-order valence-corrected chi connectivity index (χ2v) is 8.02. The summed E-state index contributed by atoms with van der Waals surface area (Å²) in [4.78, 5) is 36.0. The molecule has 2 amide bonds. The van der Waals surface area contributed by atoms with Crippen molar-refractivity contribution in [2.45, 2.75) is 49.9 Å². The number of esters is 1. The van der Waals surface area contributed by atoms with Crippen LogP contribution in [-0.2, 0) is 19.1 Å². The van der Waals surface area contributed by atoms with E-state index in [0.717, 1.165) is 11.8 Å². The summed E-state index contributed by atoms with van der Waals surface area (Å²) in [6, 6.07) is -3.12. The Balaban J connectivity index is 5.58. The van der Waals surface area contributed by atoms with Crippen molar-refractivity contribution in [3.63, 3.8) is 0 Å². The molecule has 2 unspecified atom stereocenters. The van der Waals surface area contributed by atoms with Crippen molar-refractivity contribution >= 4 is 41.3 Å². The molecule has 0 aliphatic rings. The molecule has 0 aromatic carbocycles. The van der Waals surface area contributed by atoms with Gasteiger partial charge >= 0.3 is 24.0 Å². The minimum atomic E-state index is -6.70. The summed E-state index contributed by atoms with van der Waals surface area (Å²) in [7, 11) is 0. The lowest BCUT2D eigenvalue weighted by Crippen LogP contribution is -2.62. The maximum Gasteiger partial charge on any atom is 0.460 e. The number of ether oxygens (including phenoxy) is 1. The highest BCUT2D eigenvalue weighted by Crippen LogP contribution is 2.46. The topological polar surface area (TPSA) is 84.5 Å². The molecule has 0 aromatic heterocycles. The van der Waals surface area contributed by atoms with E-state index in [9.17, 15) is 45.1 Å². The number of carbonyl (C=O) groups is 3.